The topological polar surface area (TPSA) is 105 Å². The van der Waals surface area contributed by atoms with Gasteiger partial charge in [-0.15, -0.1) is 0 Å². The van der Waals surface area contributed by atoms with Gasteiger partial charge in [0.25, 0.3) is 0 Å². The number of hydrogen-bond donors (Lipinski definition) is 3. The number of nitrogens with one attached hydrogen (secondary N) is 2. The first-order chi connectivity index (χ1) is 17.2. The molecule has 0 aliphatic rings. The molecule has 210 valence electrons. The Morgan fingerprint density at radius 2 is 1.36 bits per heavy atom. The Morgan fingerprint density at radius 3 is 1.92 bits per heavy atom. The van der Waals surface area contributed by atoms with Crippen LogP contribution in [0.2, 0.25) is 0 Å². The van der Waals surface area contributed by atoms with E-state index in [1.165, 1.54) is 64.2 Å². The van der Waals surface area contributed by atoms with E-state index in [0.29, 0.717) is 32.2 Å². The number of amides is 2. The Morgan fingerprint density at radius 1 is 0.806 bits per heavy atom. The number of rotatable bonds is 22. The van der Waals surface area contributed by atoms with Crippen LogP contribution >= 0.6 is 0 Å². The van der Waals surface area contributed by atoms with Crippen LogP contribution in [0.3, 0.4) is 0 Å². The molecule has 7 heteroatoms. The lowest BCUT2D eigenvalue weighted by Crippen LogP contribution is -2.43. The van der Waals surface area contributed by atoms with Crippen molar-refractivity contribution in [2.24, 2.45) is 0 Å². The van der Waals surface area contributed by atoms with Crippen molar-refractivity contribution in [3.8, 4) is 0 Å². The van der Waals surface area contributed by atoms with Gasteiger partial charge in [-0.05, 0) is 72.1 Å². The number of alkyl carbamates (subject to hydrolysis) is 1. The lowest BCUT2D eigenvalue weighted by Gasteiger charge is -2.22. The molecule has 0 heterocycles. The first kappa shape index (κ1) is 34.0. The van der Waals surface area contributed by atoms with Crippen LogP contribution in [-0.2, 0) is 14.3 Å². The number of carboxylic acids is 1. The van der Waals surface area contributed by atoms with Crippen LogP contribution in [0.1, 0.15) is 137 Å². The van der Waals surface area contributed by atoms with Crippen LogP contribution in [0, 0.1) is 0 Å². The Labute approximate surface area is 220 Å². The van der Waals surface area contributed by atoms with E-state index in [4.69, 9.17) is 4.74 Å². The third-order valence-corrected chi connectivity index (χ3v) is 5.90. The maximum atomic E-state index is 12.0. The summed E-state index contributed by atoms with van der Waals surface area (Å²) in [5.74, 6) is -1.04. The molecule has 0 saturated carbocycles. The van der Waals surface area contributed by atoms with Gasteiger partial charge in [0, 0.05) is 13.0 Å². The van der Waals surface area contributed by atoms with Crippen molar-refractivity contribution in [3.63, 3.8) is 0 Å². The van der Waals surface area contributed by atoms with Gasteiger partial charge in [-0.1, -0.05) is 70.4 Å². The Bertz CT molecular complexity index is 613. The van der Waals surface area contributed by atoms with Crippen molar-refractivity contribution in [1.82, 2.24) is 10.6 Å². The number of unbranched alkanes of at least 4 members (excludes halogenated alkanes) is 12. The molecule has 0 aromatic rings. The van der Waals surface area contributed by atoms with E-state index < -0.39 is 23.7 Å². The fourth-order valence-corrected chi connectivity index (χ4v) is 3.85. The van der Waals surface area contributed by atoms with E-state index in [-0.39, 0.29) is 5.91 Å². The highest BCUT2D eigenvalue weighted by Gasteiger charge is 2.23. The van der Waals surface area contributed by atoms with Gasteiger partial charge in [-0.2, -0.15) is 0 Å². The Balaban J connectivity index is 3.62. The second-order valence-electron chi connectivity index (χ2n) is 10.7. The first-order valence-corrected chi connectivity index (χ1v) is 14.3. The average molecular weight is 511 g/mol. The number of allylic oxidation sites excluding steroid dienone is 2. The number of carboxylic acid groups (broad SMARTS) is 1. The van der Waals surface area contributed by atoms with Crippen molar-refractivity contribution in [2.75, 3.05) is 6.54 Å². The zero-order valence-electron chi connectivity index (χ0n) is 23.5. The molecule has 36 heavy (non-hydrogen) atoms. The number of aliphatic carboxylic acids is 1. The smallest absolute Gasteiger partial charge is 0.408 e. The molecule has 0 bridgehead atoms. The van der Waals surface area contributed by atoms with Gasteiger partial charge in [-0.3, -0.25) is 4.79 Å². The standard InChI is InChI=1S/C29H54N2O5/c1-5-6-7-8-9-10-11-12-13-14-15-16-17-18-19-23-26(32)30-24-21-20-22-25(27(33)34)31-28(35)36-29(2,3)4/h12-13,25H,5-11,14-24H2,1-4H3,(H,30,32)(H,31,35)(H,33,34). The zero-order chi connectivity index (χ0) is 27.1. The van der Waals surface area contributed by atoms with E-state index in [9.17, 15) is 19.5 Å². The third kappa shape index (κ3) is 23.7. The molecule has 0 aromatic heterocycles. The first-order valence-electron chi connectivity index (χ1n) is 14.3. The predicted molar refractivity (Wildman–Crippen MR) is 147 cm³/mol. The molecule has 2 amide bonds. The lowest BCUT2D eigenvalue weighted by molar-refractivity contribution is -0.139. The fraction of sp³-hybridized carbons (Fsp3) is 0.828. The summed E-state index contributed by atoms with van der Waals surface area (Å²) in [6, 6.07) is -0.994. The normalized spacial score (nSPS) is 12.4. The molecule has 0 rings (SSSR count). The average Bonchev–Trinajstić information content (AvgIpc) is 2.79. The molecule has 1 unspecified atom stereocenters. The predicted octanol–water partition coefficient (Wildman–Crippen LogP) is 7.29. The van der Waals surface area contributed by atoms with Gasteiger partial charge in [-0.25, -0.2) is 9.59 Å². The molecule has 0 aliphatic carbocycles. The number of hydrogen-bond acceptors (Lipinski definition) is 4. The van der Waals surface area contributed by atoms with Crippen molar-refractivity contribution in [2.45, 2.75) is 148 Å². The van der Waals surface area contributed by atoms with Crippen LogP contribution in [0.25, 0.3) is 0 Å². The van der Waals surface area contributed by atoms with E-state index in [1.807, 2.05) is 0 Å². The largest absolute Gasteiger partial charge is 0.480 e. The van der Waals surface area contributed by atoms with Gasteiger partial charge in [0.15, 0.2) is 0 Å². The van der Waals surface area contributed by atoms with Gasteiger partial charge in [0.05, 0.1) is 0 Å². The van der Waals surface area contributed by atoms with Crippen molar-refractivity contribution in [1.29, 1.82) is 0 Å². The Hall–Kier alpha value is -2.05. The summed E-state index contributed by atoms with van der Waals surface area (Å²) in [6.45, 7) is 7.94. The van der Waals surface area contributed by atoms with E-state index in [1.54, 1.807) is 20.8 Å². The highest BCUT2D eigenvalue weighted by molar-refractivity contribution is 5.80. The highest BCUT2D eigenvalue weighted by atomic mass is 16.6. The molecule has 0 fully saturated rings. The number of ether oxygens (including phenoxy) is 1. The van der Waals surface area contributed by atoms with Crippen LogP contribution in [0.15, 0.2) is 12.2 Å². The molecule has 0 saturated heterocycles. The summed E-state index contributed by atoms with van der Waals surface area (Å²) in [5, 5.41) is 14.6. The summed E-state index contributed by atoms with van der Waals surface area (Å²) in [4.78, 5) is 35.1. The van der Waals surface area contributed by atoms with Crippen LogP contribution in [0.5, 0.6) is 0 Å². The zero-order valence-corrected chi connectivity index (χ0v) is 23.5. The summed E-state index contributed by atoms with van der Waals surface area (Å²) in [7, 11) is 0. The fourth-order valence-electron chi connectivity index (χ4n) is 3.85. The Kier molecular flexibility index (Phi) is 20.9. The van der Waals surface area contributed by atoms with Gasteiger partial charge >= 0.3 is 12.1 Å². The molecule has 0 radical (unpaired) electrons. The molecule has 7 nitrogen and oxygen atoms in total. The van der Waals surface area contributed by atoms with Crippen molar-refractivity contribution >= 4 is 18.0 Å². The van der Waals surface area contributed by atoms with Gasteiger partial charge in [0.1, 0.15) is 11.6 Å². The minimum atomic E-state index is -1.09. The van der Waals surface area contributed by atoms with E-state index in [2.05, 4.69) is 29.7 Å². The third-order valence-electron chi connectivity index (χ3n) is 5.90. The van der Waals surface area contributed by atoms with Crippen LogP contribution < -0.4 is 10.6 Å². The van der Waals surface area contributed by atoms with E-state index in [0.717, 1.165) is 19.3 Å². The quantitative estimate of drug-likeness (QED) is 0.105. The molecule has 1 atom stereocenters. The van der Waals surface area contributed by atoms with Crippen molar-refractivity contribution in [3.05, 3.63) is 12.2 Å². The minimum absolute atomic E-state index is 0.0503. The number of carbonyl (C=O) groups is 3. The lowest BCUT2D eigenvalue weighted by atomic mass is 10.1. The maximum absolute atomic E-state index is 12.0. The van der Waals surface area contributed by atoms with Gasteiger partial charge in [0.2, 0.25) is 5.91 Å². The SMILES string of the molecule is CCCCCCCCC=CCCCCCCCC(=O)NCCCCC(NC(=O)OC(C)(C)C)C(=O)O. The maximum Gasteiger partial charge on any atom is 0.408 e. The second-order valence-corrected chi connectivity index (χ2v) is 10.7. The molecular formula is C29H54N2O5. The van der Waals surface area contributed by atoms with Gasteiger partial charge < -0.3 is 20.5 Å². The molecule has 0 aromatic carbocycles. The summed E-state index contributed by atoms with van der Waals surface area (Å²) in [6.07, 6.45) is 22.1. The molecular weight excluding hydrogens is 456 g/mol. The monoisotopic (exact) mass is 510 g/mol. The molecule has 3 N–H and O–H groups in total. The second kappa shape index (κ2) is 22.2. The summed E-state index contributed by atoms with van der Waals surface area (Å²) in [5.41, 5.74) is -0.679. The summed E-state index contributed by atoms with van der Waals surface area (Å²) < 4.78 is 5.11. The number of carbonyl (C=O) groups excluding carboxylic acids is 2. The molecule has 0 spiro atoms. The van der Waals surface area contributed by atoms with Crippen LogP contribution in [-0.4, -0.2) is 41.3 Å². The molecule has 0 aliphatic heterocycles. The summed E-state index contributed by atoms with van der Waals surface area (Å²) >= 11 is 0. The highest BCUT2D eigenvalue weighted by Crippen LogP contribution is 2.11. The minimum Gasteiger partial charge on any atom is -0.480 e. The van der Waals surface area contributed by atoms with Crippen LogP contribution in [0.4, 0.5) is 4.79 Å². The van der Waals surface area contributed by atoms with E-state index >= 15 is 0 Å². The van der Waals surface area contributed by atoms with Crippen molar-refractivity contribution < 1.29 is 24.2 Å².